The first-order chi connectivity index (χ1) is 35.4. The van der Waals surface area contributed by atoms with E-state index in [9.17, 15) is 10.1 Å². The zero-order valence-electron chi connectivity index (χ0n) is 41.1. The van der Waals surface area contributed by atoms with Gasteiger partial charge in [-0.25, -0.2) is 0 Å². The lowest BCUT2D eigenvalue weighted by molar-refractivity contribution is 0.0280. The number of nitriles is 1. The molecule has 20 rings (SSSR count). The summed E-state index contributed by atoms with van der Waals surface area (Å²) in [4.78, 5) is 14.5. The van der Waals surface area contributed by atoms with Gasteiger partial charge in [-0.2, -0.15) is 5.26 Å². The monoisotopic (exact) mass is 935 g/mol. The van der Waals surface area contributed by atoms with Crippen LogP contribution < -0.4 is 0 Å². The van der Waals surface area contributed by atoms with Crippen LogP contribution >= 0.6 is 0 Å². The molecule has 0 radical (unpaired) electrons. The summed E-state index contributed by atoms with van der Waals surface area (Å²) in [6, 6.07) is 56.8. The average Bonchev–Trinajstić information content (AvgIpc) is 4.34. The number of hydrogen-bond donors (Lipinski definition) is 0. The highest BCUT2D eigenvalue weighted by atomic mass is 16.3. The molecule has 344 valence electrons. The van der Waals surface area contributed by atoms with Crippen LogP contribution in [0.2, 0.25) is 0 Å². The van der Waals surface area contributed by atoms with Crippen molar-refractivity contribution in [3.8, 4) is 17.2 Å². The molecule has 0 aliphatic heterocycles. The van der Waals surface area contributed by atoms with Crippen molar-refractivity contribution in [2.24, 2.45) is 5.41 Å². The van der Waals surface area contributed by atoms with Gasteiger partial charge in [0.05, 0.1) is 50.1 Å². The molecule has 0 unspecified atom stereocenters. The second-order valence-electron chi connectivity index (χ2n) is 24.0. The number of furan rings is 1. The molecule has 0 saturated heterocycles. The maximum absolute atomic E-state index is 14.5. The SMILES string of the molecule is CC12CC(C)(C1)c1cc3c4cc(C(C)(C)C)cc5c6cc7c(cc6n(c3cc1C2=O)c45)c1c(-c2ccccc2)c2c3ccccc3oc2c2c3c4c(c(C#N)cc3n7c12)C1c2ccccc2C4c2ccccc21. The molecule has 9 aromatic carbocycles. The van der Waals surface area contributed by atoms with Crippen molar-refractivity contribution in [2.45, 2.75) is 70.1 Å². The van der Waals surface area contributed by atoms with Crippen LogP contribution in [0.25, 0.3) is 109 Å². The van der Waals surface area contributed by atoms with Gasteiger partial charge in [0.15, 0.2) is 5.78 Å². The number of Topliss-reactive ketones (excluding diaryl/α,β-unsaturated/α-hetero) is 1. The first-order valence-corrected chi connectivity index (χ1v) is 26.0. The molecule has 5 heterocycles. The topological polar surface area (TPSA) is 62.8 Å². The summed E-state index contributed by atoms with van der Waals surface area (Å²) in [5, 5.41) is 23.1. The summed E-state index contributed by atoms with van der Waals surface area (Å²) in [5.41, 5.74) is 21.9. The van der Waals surface area contributed by atoms with E-state index in [0.717, 1.165) is 101 Å². The molecule has 5 aromatic heterocycles. The molecule has 6 aliphatic rings. The summed E-state index contributed by atoms with van der Waals surface area (Å²) in [7, 11) is 0. The largest absolute Gasteiger partial charge is 0.455 e. The molecule has 0 N–H and O–H groups in total. The van der Waals surface area contributed by atoms with Crippen LogP contribution in [0.4, 0.5) is 0 Å². The summed E-state index contributed by atoms with van der Waals surface area (Å²) in [6.07, 6.45) is 1.82. The predicted octanol–water partition coefficient (Wildman–Crippen LogP) is 17.0. The summed E-state index contributed by atoms with van der Waals surface area (Å²) in [5.74, 6) is 0.145. The fraction of sp³-hybridized carbons (Fsp3) is 0.176. The number of rotatable bonds is 1. The third-order valence-electron chi connectivity index (χ3n) is 18.9. The fourth-order valence-electron chi connectivity index (χ4n) is 16.3. The highest BCUT2D eigenvalue weighted by Crippen LogP contribution is 2.64. The van der Waals surface area contributed by atoms with E-state index in [1.807, 2.05) is 0 Å². The van der Waals surface area contributed by atoms with Crippen LogP contribution in [0.5, 0.6) is 0 Å². The second kappa shape index (κ2) is 12.2. The number of nitrogens with zero attached hydrogens (tertiary/aromatic N) is 3. The number of hydrogen-bond acceptors (Lipinski definition) is 3. The van der Waals surface area contributed by atoms with E-state index < -0.39 is 0 Å². The highest BCUT2D eigenvalue weighted by Gasteiger charge is 2.59. The maximum Gasteiger partial charge on any atom is 0.169 e. The Labute approximate surface area is 419 Å². The van der Waals surface area contributed by atoms with E-state index >= 15 is 0 Å². The van der Waals surface area contributed by atoms with Crippen molar-refractivity contribution in [1.82, 2.24) is 8.80 Å². The third kappa shape index (κ3) is 4.30. The van der Waals surface area contributed by atoms with Gasteiger partial charge in [-0.05, 0) is 122 Å². The van der Waals surface area contributed by atoms with E-state index in [-0.39, 0.29) is 33.9 Å². The van der Waals surface area contributed by atoms with Crippen LogP contribution in [0.1, 0.15) is 120 Å². The van der Waals surface area contributed by atoms with E-state index in [1.165, 1.54) is 76.8 Å². The van der Waals surface area contributed by atoms with Gasteiger partial charge in [0.2, 0.25) is 0 Å². The van der Waals surface area contributed by atoms with Crippen LogP contribution in [0, 0.1) is 16.7 Å². The zero-order chi connectivity index (χ0) is 48.5. The summed E-state index contributed by atoms with van der Waals surface area (Å²) >= 11 is 0. The third-order valence-corrected chi connectivity index (χ3v) is 18.9. The Morgan fingerprint density at radius 1 is 0.562 bits per heavy atom. The van der Waals surface area contributed by atoms with Gasteiger partial charge in [-0.15, -0.1) is 0 Å². The van der Waals surface area contributed by atoms with Crippen molar-refractivity contribution in [3.05, 3.63) is 201 Å². The lowest BCUT2D eigenvalue weighted by Gasteiger charge is -2.57. The number of fused-ring (bicyclic) bond motifs is 16. The van der Waals surface area contributed by atoms with Gasteiger partial charge < -0.3 is 13.2 Å². The molecule has 1 saturated carbocycles. The fourth-order valence-corrected chi connectivity index (χ4v) is 16.3. The lowest BCUT2D eigenvalue weighted by atomic mass is 9.45. The maximum atomic E-state index is 14.5. The van der Waals surface area contributed by atoms with Gasteiger partial charge >= 0.3 is 0 Å². The molecular weight excluding hydrogens is 891 g/mol. The van der Waals surface area contributed by atoms with E-state index in [2.05, 4.69) is 195 Å². The molecule has 6 aliphatic carbocycles. The second-order valence-corrected chi connectivity index (χ2v) is 24.0. The standard InChI is InChI=1S/C68H45N3O2/c1-66(2,3)35-24-43-41-26-47-45(65(72)68(5)31-67(47,4)32-68)28-48(41)70-49-29-46-50(27-42(49)44(25-35)62(43)70)71-51-23-34(30-69)54-55-36-17-9-11-19-38(36)56(39-20-12-10-18-37(39)55)60(54)59(51)61-63(71)57(46)53(33-15-7-6-8-16-33)58-40-21-13-14-22-52(40)73-64(58)61/h6-29,55-56H,31-32H2,1-5H3. The van der Waals surface area contributed by atoms with E-state index in [4.69, 9.17) is 4.42 Å². The number of carbonyl (C=O) groups excluding carboxylic acids is 1. The number of para-hydroxylation sites is 1. The highest BCUT2D eigenvalue weighted by molar-refractivity contribution is 6.40. The number of ketones is 1. The number of carbonyl (C=O) groups is 1. The molecule has 14 aromatic rings. The van der Waals surface area contributed by atoms with Crippen molar-refractivity contribution in [3.63, 3.8) is 0 Å². The normalized spacial score (nSPS) is 21.0. The molecule has 5 heteroatoms. The Balaban J connectivity index is 1.09. The van der Waals surface area contributed by atoms with E-state index in [1.54, 1.807) is 0 Å². The van der Waals surface area contributed by atoms with Crippen LogP contribution in [-0.4, -0.2) is 14.6 Å². The molecule has 4 bridgehead atoms. The molecule has 5 nitrogen and oxygen atoms in total. The average molecular weight is 936 g/mol. The van der Waals surface area contributed by atoms with Crippen LogP contribution in [0.15, 0.2) is 150 Å². The van der Waals surface area contributed by atoms with Crippen molar-refractivity contribution >= 4 is 104 Å². The van der Waals surface area contributed by atoms with Crippen molar-refractivity contribution in [2.75, 3.05) is 0 Å². The summed E-state index contributed by atoms with van der Waals surface area (Å²) < 4.78 is 12.3. The quantitative estimate of drug-likeness (QED) is 0.165. The predicted molar refractivity (Wildman–Crippen MR) is 296 cm³/mol. The Kier molecular flexibility index (Phi) is 6.57. The van der Waals surface area contributed by atoms with Gasteiger partial charge in [0.1, 0.15) is 11.2 Å². The Morgan fingerprint density at radius 2 is 1.15 bits per heavy atom. The Morgan fingerprint density at radius 3 is 1.84 bits per heavy atom. The molecule has 0 atom stereocenters. The molecule has 0 amide bonds. The Hall–Kier alpha value is -8.46. The van der Waals surface area contributed by atoms with Crippen molar-refractivity contribution < 1.29 is 9.21 Å². The van der Waals surface area contributed by atoms with Gasteiger partial charge in [0.25, 0.3) is 0 Å². The van der Waals surface area contributed by atoms with Crippen LogP contribution in [-0.2, 0) is 10.8 Å². The van der Waals surface area contributed by atoms with Crippen molar-refractivity contribution in [1.29, 1.82) is 5.26 Å². The molecule has 1 fully saturated rings. The zero-order valence-corrected chi connectivity index (χ0v) is 41.1. The molecular formula is C68H45N3O2. The lowest BCUT2D eigenvalue weighted by Crippen LogP contribution is -2.55. The Bertz CT molecular complexity index is 4970. The minimum absolute atomic E-state index is 0.00371. The van der Waals surface area contributed by atoms with Gasteiger partial charge in [0, 0.05) is 76.9 Å². The first-order valence-electron chi connectivity index (χ1n) is 26.0. The van der Waals surface area contributed by atoms with Gasteiger partial charge in [-0.3, -0.25) is 4.79 Å². The van der Waals surface area contributed by atoms with E-state index in [0.29, 0.717) is 0 Å². The summed E-state index contributed by atoms with van der Waals surface area (Å²) in [6.45, 7) is 11.5. The van der Waals surface area contributed by atoms with Gasteiger partial charge in [-0.1, -0.05) is 132 Å². The van der Waals surface area contributed by atoms with Crippen LogP contribution in [0.3, 0.4) is 0 Å². The number of benzene rings is 9. The first kappa shape index (κ1) is 39.2. The molecule has 0 spiro atoms. The minimum Gasteiger partial charge on any atom is -0.455 e. The smallest absolute Gasteiger partial charge is 0.169 e. The number of aromatic nitrogens is 2. The molecule has 73 heavy (non-hydrogen) atoms. The minimum atomic E-state index is -0.307.